The molecule has 63 valence electrons. The molecule has 0 saturated heterocycles. The second-order valence-electron chi connectivity index (χ2n) is 2.60. The molecule has 1 heteroatoms. The fraction of sp³-hybridized carbons (Fsp3) is 0.273. The third-order valence-electron chi connectivity index (χ3n) is 1.67. The first-order valence-electron chi connectivity index (χ1n) is 4.12. The van der Waals surface area contributed by atoms with Crippen molar-refractivity contribution in [2.24, 2.45) is 0 Å². The van der Waals surface area contributed by atoms with Gasteiger partial charge in [-0.3, -0.25) is 0 Å². The molecule has 0 N–H and O–H groups in total. The minimum absolute atomic E-state index is 0.700. The van der Waals surface area contributed by atoms with E-state index in [1.807, 2.05) is 18.2 Å². The van der Waals surface area contributed by atoms with Crippen molar-refractivity contribution in [3.05, 3.63) is 48.7 Å². The highest BCUT2D eigenvalue weighted by Gasteiger charge is 1.90. The lowest BCUT2D eigenvalue weighted by molar-refractivity contribution is 0.245. The zero-order chi connectivity index (χ0) is 8.65. The second-order valence-corrected chi connectivity index (χ2v) is 2.60. The van der Waals surface area contributed by atoms with Crippen LogP contribution in [0, 0.1) is 6.58 Å². The number of ether oxygens (including phenoxy) is 1. The minimum atomic E-state index is 0.700. The summed E-state index contributed by atoms with van der Waals surface area (Å²) in [4.78, 5) is 0. The van der Waals surface area contributed by atoms with Crippen molar-refractivity contribution in [3.8, 4) is 0 Å². The van der Waals surface area contributed by atoms with E-state index in [-0.39, 0.29) is 0 Å². The standard InChI is InChI=1S/C11H13O/c1-2-12-10-6-9-11-7-4-3-5-8-11/h1-5,7-8H,6,9-10H2. The lowest BCUT2D eigenvalue weighted by Crippen LogP contribution is -1.91. The van der Waals surface area contributed by atoms with Crippen LogP contribution in [0.15, 0.2) is 36.6 Å². The SMILES string of the molecule is [CH]=COCCCc1ccccc1. The Morgan fingerprint density at radius 2 is 2.00 bits per heavy atom. The highest BCUT2D eigenvalue weighted by molar-refractivity contribution is 5.14. The Morgan fingerprint density at radius 3 is 2.67 bits per heavy atom. The van der Waals surface area contributed by atoms with Gasteiger partial charge in [-0.1, -0.05) is 30.3 Å². The van der Waals surface area contributed by atoms with Crippen LogP contribution in [0.4, 0.5) is 0 Å². The van der Waals surface area contributed by atoms with Gasteiger partial charge in [0, 0.05) is 0 Å². The second kappa shape index (κ2) is 5.42. The lowest BCUT2D eigenvalue weighted by Gasteiger charge is -2.00. The van der Waals surface area contributed by atoms with Gasteiger partial charge in [0.25, 0.3) is 0 Å². The van der Waals surface area contributed by atoms with Gasteiger partial charge in [-0.2, -0.15) is 0 Å². The molecule has 0 aromatic heterocycles. The molecule has 0 aliphatic carbocycles. The van der Waals surface area contributed by atoms with Crippen LogP contribution < -0.4 is 0 Å². The number of hydrogen-bond acceptors (Lipinski definition) is 1. The van der Waals surface area contributed by atoms with E-state index < -0.39 is 0 Å². The molecule has 0 spiro atoms. The third kappa shape index (κ3) is 3.24. The Labute approximate surface area is 73.7 Å². The van der Waals surface area contributed by atoms with Crippen molar-refractivity contribution in [1.29, 1.82) is 0 Å². The molecule has 0 heterocycles. The summed E-state index contributed by atoms with van der Waals surface area (Å²) >= 11 is 0. The van der Waals surface area contributed by atoms with Crippen molar-refractivity contribution in [2.45, 2.75) is 12.8 Å². The van der Waals surface area contributed by atoms with Crippen molar-refractivity contribution in [1.82, 2.24) is 0 Å². The van der Waals surface area contributed by atoms with Gasteiger partial charge in [0.2, 0.25) is 0 Å². The summed E-state index contributed by atoms with van der Waals surface area (Å²) in [5.74, 6) is 0. The van der Waals surface area contributed by atoms with Crippen LogP contribution in [0.2, 0.25) is 0 Å². The summed E-state index contributed by atoms with van der Waals surface area (Å²) in [7, 11) is 0. The molecule has 0 amide bonds. The van der Waals surface area contributed by atoms with Crippen LogP contribution in [0.5, 0.6) is 0 Å². The first-order valence-corrected chi connectivity index (χ1v) is 4.12. The maximum absolute atomic E-state index is 5.06. The van der Waals surface area contributed by atoms with E-state index >= 15 is 0 Å². The van der Waals surface area contributed by atoms with Crippen LogP contribution in [-0.2, 0) is 11.2 Å². The maximum Gasteiger partial charge on any atom is 0.0876 e. The van der Waals surface area contributed by atoms with Gasteiger partial charge in [-0.25, -0.2) is 0 Å². The van der Waals surface area contributed by atoms with Gasteiger partial charge in [-0.15, -0.1) is 0 Å². The van der Waals surface area contributed by atoms with E-state index in [0.29, 0.717) is 6.61 Å². The first kappa shape index (κ1) is 8.85. The summed E-state index contributed by atoms with van der Waals surface area (Å²) < 4.78 is 4.91. The van der Waals surface area contributed by atoms with Crippen molar-refractivity contribution in [2.75, 3.05) is 6.61 Å². The molecule has 1 nitrogen and oxygen atoms in total. The molecule has 1 aromatic rings. The molecule has 0 unspecified atom stereocenters. The Morgan fingerprint density at radius 1 is 1.25 bits per heavy atom. The largest absolute Gasteiger partial charge is 0.501 e. The Balaban J connectivity index is 2.20. The molecular weight excluding hydrogens is 148 g/mol. The normalized spacial score (nSPS) is 9.33. The first-order chi connectivity index (χ1) is 5.93. The van der Waals surface area contributed by atoms with Crippen molar-refractivity contribution < 1.29 is 4.74 Å². The zero-order valence-corrected chi connectivity index (χ0v) is 7.07. The van der Waals surface area contributed by atoms with Crippen LogP contribution in [-0.4, -0.2) is 6.61 Å². The van der Waals surface area contributed by atoms with Gasteiger partial charge in [0.1, 0.15) is 0 Å². The van der Waals surface area contributed by atoms with Gasteiger partial charge >= 0.3 is 0 Å². The van der Waals surface area contributed by atoms with Crippen molar-refractivity contribution in [3.63, 3.8) is 0 Å². The Kier molecular flexibility index (Phi) is 4.00. The molecule has 0 aliphatic rings. The summed E-state index contributed by atoms with van der Waals surface area (Å²) in [6, 6.07) is 10.3. The van der Waals surface area contributed by atoms with Gasteiger partial charge in [0.05, 0.1) is 12.9 Å². The molecule has 1 aromatic carbocycles. The highest BCUT2D eigenvalue weighted by atomic mass is 16.5. The van der Waals surface area contributed by atoms with Crippen LogP contribution in [0.25, 0.3) is 0 Å². The number of hydrogen-bond donors (Lipinski definition) is 0. The molecule has 12 heavy (non-hydrogen) atoms. The van der Waals surface area contributed by atoms with Gasteiger partial charge < -0.3 is 4.74 Å². The van der Waals surface area contributed by atoms with Gasteiger partial charge in [0.15, 0.2) is 0 Å². The number of aryl methyl sites for hydroxylation is 1. The number of rotatable bonds is 5. The topological polar surface area (TPSA) is 9.23 Å². The molecule has 1 radical (unpaired) electrons. The Bertz CT molecular complexity index is 216. The predicted molar refractivity (Wildman–Crippen MR) is 49.6 cm³/mol. The predicted octanol–water partition coefficient (Wildman–Crippen LogP) is 2.58. The Hall–Kier alpha value is -1.24. The summed E-state index contributed by atoms with van der Waals surface area (Å²) in [6.07, 6.45) is 3.30. The van der Waals surface area contributed by atoms with E-state index in [9.17, 15) is 0 Å². The van der Waals surface area contributed by atoms with E-state index in [1.54, 1.807) is 0 Å². The summed E-state index contributed by atoms with van der Waals surface area (Å²) in [5.41, 5.74) is 1.35. The molecule has 0 atom stereocenters. The molecule has 1 rings (SSSR count). The minimum Gasteiger partial charge on any atom is -0.501 e. The fourth-order valence-corrected chi connectivity index (χ4v) is 1.07. The van der Waals surface area contributed by atoms with Crippen LogP contribution in [0.3, 0.4) is 0 Å². The average molecular weight is 161 g/mol. The van der Waals surface area contributed by atoms with Gasteiger partial charge in [-0.05, 0) is 25.0 Å². The summed E-state index contributed by atoms with van der Waals surface area (Å²) in [6.45, 7) is 5.76. The van der Waals surface area contributed by atoms with E-state index in [1.165, 1.54) is 11.8 Å². The molecule has 0 bridgehead atoms. The number of benzene rings is 1. The highest BCUT2D eigenvalue weighted by Crippen LogP contribution is 2.01. The molecule has 0 fully saturated rings. The molecule has 0 saturated carbocycles. The van der Waals surface area contributed by atoms with E-state index in [2.05, 4.69) is 12.1 Å². The molecular formula is C11H13O. The lowest BCUT2D eigenvalue weighted by atomic mass is 10.1. The monoisotopic (exact) mass is 161 g/mol. The average Bonchev–Trinajstić information content (AvgIpc) is 2.14. The van der Waals surface area contributed by atoms with E-state index in [0.717, 1.165) is 12.8 Å². The zero-order valence-electron chi connectivity index (χ0n) is 7.07. The quantitative estimate of drug-likeness (QED) is 0.476. The van der Waals surface area contributed by atoms with E-state index in [4.69, 9.17) is 11.3 Å². The van der Waals surface area contributed by atoms with Crippen LogP contribution in [0.1, 0.15) is 12.0 Å². The molecule has 0 aliphatic heterocycles. The van der Waals surface area contributed by atoms with Crippen molar-refractivity contribution >= 4 is 0 Å². The smallest absolute Gasteiger partial charge is 0.0876 e. The van der Waals surface area contributed by atoms with Crippen LogP contribution >= 0.6 is 0 Å². The third-order valence-corrected chi connectivity index (χ3v) is 1.67. The fourth-order valence-electron chi connectivity index (χ4n) is 1.07. The summed E-state index contributed by atoms with van der Waals surface area (Å²) in [5, 5.41) is 0. The maximum atomic E-state index is 5.06.